The minimum Gasteiger partial charge on any atom is -0.360 e. The summed E-state index contributed by atoms with van der Waals surface area (Å²) < 4.78 is 19.3. The van der Waals surface area contributed by atoms with Crippen molar-refractivity contribution in [2.24, 2.45) is 0 Å². The Labute approximate surface area is 127 Å². The first-order valence-electron chi connectivity index (χ1n) is 7.76. The van der Waals surface area contributed by atoms with Gasteiger partial charge in [0.15, 0.2) is 5.69 Å². The molecule has 0 spiro atoms. The van der Waals surface area contributed by atoms with Gasteiger partial charge in [-0.3, -0.25) is 4.79 Å². The van der Waals surface area contributed by atoms with E-state index in [0.717, 1.165) is 31.4 Å². The second-order valence-corrected chi connectivity index (χ2v) is 6.07. The standard InChI is InChI=1S/C17H17FN2O2/c18-13-5-2-1-4-12(13)15-6-3-9-20(15)17(21)14-10-16(22-19-14)11-7-8-11/h1-2,4-5,10-11,15H,3,6-9H2/t15-/m0/s1. The number of carbonyl (C=O) groups excluding carboxylic acids is 1. The van der Waals surface area contributed by atoms with Gasteiger partial charge in [0.2, 0.25) is 0 Å². The van der Waals surface area contributed by atoms with Gasteiger partial charge in [0, 0.05) is 24.1 Å². The SMILES string of the molecule is O=C(c1cc(C2CC2)on1)N1CCC[C@H]1c1ccccc1F. The molecule has 1 aliphatic carbocycles. The normalized spacial score (nSPS) is 21.3. The van der Waals surface area contributed by atoms with Crippen molar-refractivity contribution < 1.29 is 13.7 Å². The Bertz CT molecular complexity index is 708. The number of hydrogen-bond donors (Lipinski definition) is 0. The van der Waals surface area contributed by atoms with Gasteiger partial charge < -0.3 is 9.42 Å². The number of benzene rings is 1. The van der Waals surface area contributed by atoms with E-state index in [0.29, 0.717) is 23.7 Å². The van der Waals surface area contributed by atoms with E-state index in [9.17, 15) is 9.18 Å². The lowest BCUT2D eigenvalue weighted by Gasteiger charge is -2.24. The predicted molar refractivity (Wildman–Crippen MR) is 77.9 cm³/mol. The number of hydrogen-bond acceptors (Lipinski definition) is 3. The average Bonchev–Trinajstić information content (AvgIpc) is 3.08. The van der Waals surface area contributed by atoms with Crippen molar-refractivity contribution >= 4 is 5.91 Å². The zero-order valence-corrected chi connectivity index (χ0v) is 12.2. The van der Waals surface area contributed by atoms with Gasteiger partial charge in [-0.05, 0) is 31.7 Å². The van der Waals surface area contributed by atoms with Gasteiger partial charge in [0.25, 0.3) is 5.91 Å². The van der Waals surface area contributed by atoms with Gasteiger partial charge >= 0.3 is 0 Å². The minimum absolute atomic E-state index is 0.165. The molecule has 5 heteroatoms. The van der Waals surface area contributed by atoms with Crippen LogP contribution in [-0.2, 0) is 0 Å². The van der Waals surface area contributed by atoms with E-state index in [1.807, 2.05) is 0 Å². The maximum atomic E-state index is 14.0. The maximum Gasteiger partial charge on any atom is 0.276 e. The lowest BCUT2D eigenvalue weighted by molar-refractivity contribution is 0.0723. The molecule has 2 aromatic rings. The van der Waals surface area contributed by atoms with Crippen LogP contribution in [0.5, 0.6) is 0 Å². The van der Waals surface area contributed by atoms with Crippen LogP contribution in [0.3, 0.4) is 0 Å². The van der Waals surface area contributed by atoms with Crippen LogP contribution in [0.15, 0.2) is 34.9 Å². The highest BCUT2D eigenvalue weighted by atomic mass is 19.1. The summed E-state index contributed by atoms with van der Waals surface area (Å²) in [6, 6.07) is 8.20. The number of nitrogens with zero attached hydrogens (tertiary/aromatic N) is 2. The van der Waals surface area contributed by atoms with Crippen LogP contribution in [0.1, 0.15) is 59.5 Å². The molecule has 4 nitrogen and oxygen atoms in total. The number of aromatic nitrogens is 1. The van der Waals surface area contributed by atoms with Crippen LogP contribution < -0.4 is 0 Å². The maximum absolute atomic E-state index is 14.0. The number of likely N-dealkylation sites (tertiary alicyclic amines) is 1. The van der Waals surface area contributed by atoms with Crippen molar-refractivity contribution in [2.45, 2.75) is 37.6 Å². The van der Waals surface area contributed by atoms with E-state index >= 15 is 0 Å². The minimum atomic E-state index is -0.258. The molecule has 0 N–H and O–H groups in total. The molecule has 2 heterocycles. The average molecular weight is 300 g/mol. The topological polar surface area (TPSA) is 46.3 Å². The third-order valence-corrected chi connectivity index (χ3v) is 4.51. The Morgan fingerprint density at radius 1 is 1.27 bits per heavy atom. The van der Waals surface area contributed by atoms with Crippen molar-refractivity contribution in [3.63, 3.8) is 0 Å². The van der Waals surface area contributed by atoms with Crippen LogP contribution >= 0.6 is 0 Å². The Morgan fingerprint density at radius 3 is 2.86 bits per heavy atom. The summed E-state index contributed by atoms with van der Waals surface area (Å²) in [5, 5.41) is 3.91. The molecular weight excluding hydrogens is 283 g/mol. The summed E-state index contributed by atoms with van der Waals surface area (Å²) >= 11 is 0. The number of rotatable bonds is 3. The Kier molecular flexibility index (Phi) is 3.21. The molecule has 2 fully saturated rings. The molecular formula is C17H17FN2O2. The van der Waals surface area contributed by atoms with Gasteiger partial charge in [-0.2, -0.15) is 0 Å². The smallest absolute Gasteiger partial charge is 0.276 e. The molecule has 0 radical (unpaired) electrons. The van der Waals surface area contributed by atoms with E-state index in [2.05, 4.69) is 5.16 Å². The monoisotopic (exact) mass is 300 g/mol. The second-order valence-electron chi connectivity index (χ2n) is 6.07. The van der Waals surface area contributed by atoms with Crippen molar-refractivity contribution in [3.8, 4) is 0 Å². The zero-order valence-electron chi connectivity index (χ0n) is 12.2. The van der Waals surface area contributed by atoms with E-state index in [1.165, 1.54) is 6.07 Å². The first-order chi connectivity index (χ1) is 10.7. The number of amides is 1. The molecule has 1 amide bonds. The van der Waals surface area contributed by atoms with Crippen molar-refractivity contribution in [1.82, 2.24) is 10.1 Å². The molecule has 0 unspecified atom stereocenters. The van der Waals surface area contributed by atoms with Crippen LogP contribution in [0.4, 0.5) is 4.39 Å². The predicted octanol–water partition coefficient (Wildman–Crippen LogP) is 3.67. The fourth-order valence-corrected chi connectivity index (χ4v) is 3.18. The molecule has 1 aromatic carbocycles. The third kappa shape index (κ3) is 2.30. The van der Waals surface area contributed by atoms with Gasteiger partial charge in [-0.1, -0.05) is 23.4 Å². The van der Waals surface area contributed by atoms with E-state index in [4.69, 9.17) is 4.52 Å². The quantitative estimate of drug-likeness (QED) is 0.869. The molecule has 4 rings (SSSR count). The summed E-state index contributed by atoms with van der Waals surface area (Å²) in [4.78, 5) is 14.4. The van der Waals surface area contributed by atoms with Crippen molar-refractivity contribution in [3.05, 3.63) is 53.2 Å². The fraction of sp³-hybridized carbons (Fsp3) is 0.412. The van der Waals surface area contributed by atoms with Crippen molar-refractivity contribution in [1.29, 1.82) is 0 Å². The van der Waals surface area contributed by atoms with Crippen LogP contribution in [-0.4, -0.2) is 22.5 Å². The summed E-state index contributed by atoms with van der Waals surface area (Å²) in [5.74, 6) is 0.799. The molecule has 1 saturated heterocycles. The molecule has 114 valence electrons. The molecule has 1 aliphatic heterocycles. The largest absolute Gasteiger partial charge is 0.360 e. The van der Waals surface area contributed by atoms with Gasteiger partial charge in [-0.25, -0.2) is 4.39 Å². The molecule has 1 saturated carbocycles. The van der Waals surface area contributed by atoms with Crippen molar-refractivity contribution in [2.75, 3.05) is 6.54 Å². The lowest BCUT2D eigenvalue weighted by atomic mass is 10.0. The molecule has 22 heavy (non-hydrogen) atoms. The molecule has 0 bridgehead atoms. The highest BCUT2D eigenvalue weighted by molar-refractivity contribution is 5.92. The summed E-state index contributed by atoms with van der Waals surface area (Å²) in [6.45, 7) is 0.628. The Hall–Kier alpha value is -2.17. The zero-order chi connectivity index (χ0) is 15.1. The van der Waals surface area contributed by atoms with Crippen LogP contribution in [0, 0.1) is 5.82 Å². The first-order valence-corrected chi connectivity index (χ1v) is 7.76. The van der Waals surface area contributed by atoms with E-state index < -0.39 is 0 Å². The highest BCUT2D eigenvalue weighted by Gasteiger charge is 2.35. The van der Waals surface area contributed by atoms with Gasteiger partial charge in [0.05, 0.1) is 6.04 Å². The molecule has 2 aliphatic rings. The van der Waals surface area contributed by atoms with Crippen LogP contribution in [0.25, 0.3) is 0 Å². The van der Waals surface area contributed by atoms with E-state index in [-0.39, 0.29) is 17.8 Å². The Morgan fingerprint density at radius 2 is 2.09 bits per heavy atom. The molecule has 1 aromatic heterocycles. The number of carbonyl (C=O) groups is 1. The first kappa shape index (κ1) is 13.5. The summed E-state index contributed by atoms with van der Waals surface area (Å²) in [6.07, 6.45) is 3.85. The van der Waals surface area contributed by atoms with Gasteiger partial charge in [0.1, 0.15) is 11.6 Å². The highest BCUT2D eigenvalue weighted by Crippen LogP contribution is 2.40. The summed E-state index contributed by atoms with van der Waals surface area (Å²) in [5.41, 5.74) is 0.921. The van der Waals surface area contributed by atoms with Gasteiger partial charge in [-0.15, -0.1) is 0 Å². The summed E-state index contributed by atoms with van der Waals surface area (Å²) in [7, 11) is 0. The third-order valence-electron chi connectivity index (χ3n) is 4.51. The van der Waals surface area contributed by atoms with Crippen LogP contribution in [0.2, 0.25) is 0 Å². The van der Waals surface area contributed by atoms with E-state index in [1.54, 1.807) is 29.2 Å². The fourth-order valence-electron chi connectivity index (χ4n) is 3.18. The Balaban J connectivity index is 1.59. The number of halogens is 1. The molecule has 1 atom stereocenters. The lowest BCUT2D eigenvalue weighted by Crippen LogP contribution is -2.31. The second kappa shape index (κ2) is 5.23.